The quantitative estimate of drug-likeness (QED) is 0.361. The van der Waals surface area contributed by atoms with Gasteiger partial charge in [-0.15, -0.1) is 0 Å². The number of hydrogen-bond donors (Lipinski definition) is 1. The summed E-state index contributed by atoms with van der Waals surface area (Å²) in [5, 5.41) is 2.58. The highest BCUT2D eigenvalue weighted by molar-refractivity contribution is 7.97. The van der Waals surface area contributed by atoms with E-state index in [0.717, 1.165) is 0 Å². The van der Waals surface area contributed by atoms with Crippen molar-refractivity contribution in [2.45, 2.75) is 14.7 Å². The summed E-state index contributed by atoms with van der Waals surface area (Å²) in [5.74, 6) is 0. The number of H-pyrrole nitrogens is 1. The van der Waals surface area contributed by atoms with Gasteiger partial charge in [0.1, 0.15) is 0 Å². The number of hydrogen-bond acceptors (Lipinski definition) is 0. The van der Waals surface area contributed by atoms with Gasteiger partial charge >= 0.3 is 0 Å². The van der Waals surface area contributed by atoms with Gasteiger partial charge in [-0.1, -0.05) is 54.6 Å². The molecule has 1 nitrogen and oxygen atoms in total. The second-order valence-electron chi connectivity index (χ2n) is 6.31. The number of benzene rings is 4. The van der Waals surface area contributed by atoms with E-state index in [1.807, 2.05) is 0 Å². The van der Waals surface area contributed by atoms with Crippen LogP contribution in [0.15, 0.2) is 118 Å². The molecule has 0 unspecified atom stereocenters. The Morgan fingerprint density at radius 2 is 1.04 bits per heavy atom. The molecule has 0 radical (unpaired) electrons. The molecule has 5 rings (SSSR count). The zero-order valence-electron chi connectivity index (χ0n) is 14.2. The van der Waals surface area contributed by atoms with Gasteiger partial charge in [0.05, 0.1) is 10.9 Å². The monoisotopic (exact) mass is 352 g/mol. The minimum Gasteiger partial charge on any atom is -0.355 e. The SMILES string of the molecule is c1ccc([S+](c2ccccc2)c2ccc3[nH]c4ccccc4c3c2)cc1. The molecule has 0 spiro atoms. The Morgan fingerprint density at radius 3 is 1.73 bits per heavy atom. The molecule has 26 heavy (non-hydrogen) atoms. The van der Waals surface area contributed by atoms with Gasteiger partial charge in [0, 0.05) is 27.9 Å². The minimum absolute atomic E-state index is 0.112. The molecule has 1 heterocycles. The van der Waals surface area contributed by atoms with Gasteiger partial charge in [-0.25, -0.2) is 0 Å². The molecule has 0 aliphatic rings. The zero-order chi connectivity index (χ0) is 17.3. The smallest absolute Gasteiger partial charge is 0.167 e. The lowest BCUT2D eigenvalue weighted by Crippen LogP contribution is -2.04. The molecule has 0 aliphatic carbocycles. The third-order valence-electron chi connectivity index (χ3n) is 4.67. The summed E-state index contributed by atoms with van der Waals surface area (Å²) >= 11 is 0. The maximum atomic E-state index is 3.53. The van der Waals surface area contributed by atoms with E-state index >= 15 is 0 Å². The topological polar surface area (TPSA) is 15.8 Å². The highest BCUT2D eigenvalue weighted by Gasteiger charge is 2.28. The normalized spacial score (nSPS) is 11.4. The number of para-hydroxylation sites is 1. The van der Waals surface area contributed by atoms with Crippen LogP contribution >= 0.6 is 0 Å². The summed E-state index contributed by atoms with van der Waals surface area (Å²) in [5.41, 5.74) is 2.39. The van der Waals surface area contributed by atoms with E-state index in [4.69, 9.17) is 0 Å². The molecule has 0 aliphatic heterocycles. The van der Waals surface area contributed by atoms with Crippen LogP contribution in [0.5, 0.6) is 0 Å². The second-order valence-corrected chi connectivity index (χ2v) is 8.34. The highest BCUT2D eigenvalue weighted by Crippen LogP contribution is 2.34. The second kappa shape index (κ2) is 6.40. The first-order valence-electron chi connectivity index (χ1n) is 8.75. The lowest BCUT2D eigenvalue weighted by molar-refractivity contribution is 1.33. The van der Waals surface area contributed by atoms with Crippen molar-refractivity contribution in [3.63, 3.8) is 0 Å². The van der Waals surface area contributed by atoms with Gasteiger partial charge in [-0.2, -0.15) is 0 Å². The molecular formula is C24H18NS+. The van der Waals surface area contributed by atoms with Crippen LogP contribution < -0.4 is 0 Å². The molecule has 4 aromatic carbocycles. The molecule has 0 saturated heterocycles. The molecule has 0 fully saturated rings. The van der Waals surface area contributed by atoms with E-state index in [2.05, 4.69) is 108 Å². The van der Waals surface area contributed by atoms with Crippen molar-refractivity contribution in [3.8, 4) is 0 Å². The van der Waals surface area contributed by atoms with Crippen molar-refractivity contribution in [3.05, 3.63) is 103 Å². The Labute approximate surface area is 155 Å². The fourth-order valence-electron chi connectivity index (χ4n) is 3.48. The van der Waals surface area contributed by atoms with Gasteiger partial charge in [0.2, 0.25) is 0 Å². The lowest BCUT2D eigenvalue weighted by atomic mass is 10.1. The molecule has 0 amide bonds. The van der Waals surface area contributed by atoms with E-state index < -0.39 is 0 Å². The maximum Gasteiger partial charge on any atom is 0.167 e. The van der Waals surface area contributed by atoms with Gasteiger partial charge in [-0.05, 0) is 42.5 Å². The van der Waals surface area contributed by atoms with Crippen LogP contribution in [0.4, 0.5) is 0 Å². The van der Waals surface area contributed by atoms with Crippen LogP contribution in [-0.4, -0.2) is 4.98 Å². The van der Waals surface area contributed by atoms with Crippen LogP contribution in [0, 0.1) is 0 Å². The zero-order valence-corrected chi connectivity index (χ0v) is 15.0. The van der Waals surface area contributed by atoms with Crippen LogP contribution in [0.2, 0.25) is 0 Å². The molecular weight excluding hydrogens is 334 g/mol. The third kappa shape index (κ3) is 2.59. The summed E-state index contributed by atoms with van der Waals surface area (Å²) < 4.78 is 0. The standard InChI is InChI=1S/C24H18NS/c1-3-9-18(10-4-1)26(19-11-5-2-6-12-19)20-15-16-24-22(17-20)21-13-7-8-14-23(21)25-24/h1-17,25H/q+1. The first kappa shape index (κ1) is 15.3. The maximum absolute atomic E-state index is 3.53. The van der Waals surface area contributed by atoms with E-state index in [-0.39, 0.29) is 10.9 Å². The van der Waals surface area contributed by atoms with Gasteiger partial charge in [-0.3, -0.25) is 0 Å². The van der Waals surface area contributed by atoms with Crippen LogP contribution in [0.25, 0.3) is 21.8 Å². The number of aromatic nitrogens is 1. The average molecular weight is 352 g/mol. The summed E-state index contributed by atoms with van der Waals surface area (Å²) in [6, 6.07) is 37.0. The molecule has 1 aromatic heterocycles. The molecule has 0 atom stereocenters. The van der Waals surface area contributed by atoms with Crippen molar-refractivity contribution in [2.75, 3.05) is 0 Å². The summed E-state index contributed by atoms with van der Waals surface area (Å²) in [6.45, 7) is 0. The van der Waals surface area contributed by atoms with E-state index in [9.17, 15) is 0 Å². The lowest BCUT2D eigenvalue weighted by Gasteiger charge is -2.08. The number of rotatable bonds is 3. The number of aromatic amines is 1. The minimum atomic E-state index is -0.112. The first-order valence-corrected chi connectivity index (χ1v) is 9.97. The predicted molar refractivity (Wildman–Crippen MR) is 111 cm³/mol. The third-order valence-corrected chi connectivity index (χ3v) is 6.88. The Bertz CT molecular complexity index is 1140. The molecule has 0 bridgehead atoms. The Balaban J connectivity index is 1.75. The highest BCUT2D eigenvalue weighted by atomic mass is 32.2. The van der Waals surface area contributed by atoms with Gasteiger partial charge in [0.15, 0.2) is 14.7 Å². The van der Waals surface area contributed by atoms with Crippen molar-refractivity contribution < 1.29 is 0 Å². The van der Waals surface area contributed by atoms with E-state index in [1.54, 1.807) is 0 Å². The predicted octanol–water partition coefficient (Wildman–Crippen LogP) is 6.42. The molecule has 124 valence electrons. The van der Waals surface area contributed by atoms with Gasteiger partial charge < -0.3 is 4.98 Å². The van der Waals surface area contributed by atoms with E-state index in [0.29, 0.717) is 0 Å². The largest absolute Gasteiger partial charge is 0.355 e. The summed E-state index contributed by atoms with van der Waals surface area (Å²) in [4.78, 5) is 7.56. The van der Waals surface area contributed by atoms with Crippen molar-refractivity contribution in [2.24, 2.45) is 0 Å². The average Bonchev–Trinajstić information content (AvgIpc) is 3.08. The summed E-state index contributed by atoms with van der Waals surface area (Å²) in [6.07, 6.45) is 0. The van der Waals surface area contributed by atoms with Gasteiger partial charge in [0.25, 0.3) is 0 Å². The molecule has 2 heteroatoms. The molecule has 1 N–H and O–H groups in total. The number of fused-ring (bicyclic) bond motifs is 3. The Morgan fingerprint density at radius 1 is 0.462 bits per heavy atom. The van der Waals surface area contributed by atoms with E-state index in [1.165, 1.54) is 36.5 Å². The Hall–Kier alpha value is -2.97. The number of nitrogens with one attached hydrogen (secondary N) is 1. The summed E-state index contributed by atoms with van der Waals surface area (Å²) in [7, 11) is -0.112. The van der Waals surface area contributed by atoms with Crippen molar-refractivity contribution in [1.82, 2.24) is 4.98 Å². The molecule has 0 saturated carbocycles. The van der Waals surface area contributed by atoms with Crippen molar-refractivity contribution in [1.29, 1.82) is 0 Å². The fraction of sp³-hybridized carbons (Fsp3) is 0. The first-order chi connectivity index (χ1) is 12.9. The molecule has 5 aromatic rings. The van der Waals surface area contributed by atoms with Crippen LogP contribution in [-0.2, 0) is 10.9 Å². The van der Waals surface area contributed by atoms with Crippen LogP contribution in [0.1, 0.15) is 0 Å². The fourth-order valence-corrected chi connectivity index (χ4v) is 5.59. The van der Waals surface area contributed by atoms with Crippen molar-refractivity contribution >= 4 is 32.7 Å². The Kier molecular flexibility index (Phi) is 3.76. The van der Waals surface area contributed by atoms with Crippen LogP contribution in [0.3, 0.4) is 0 Å².